The fourth-order valence-corrected chi connectivity index (χ4v) is 3.02. The normalized spacial score (nSPS) is 11.8. The van der Waals surface area contributed by atoms with Gasteiger partial charge >= 0.3 is 0 Å². The van der Waals surface area contributed by atoms with Crippen LogP contribution in [0.3, 0.4) is 0 Å². The van der Waals surface area contributed by atoms with Crippen LogP contribution in [0, 0.1) is 13.8 Å². The maximum atomic E-state index is 9.93. The van der Waals surface area contributed by atoms with Crippen LogP contribution < -0.4 is 5.19 Å². The van der Waals surface area contributed by atoms with Crippen molar-refractivity contribution >= 4 is 13.5 Å². The third-order valence-electron chi connectivity index (χ3n) is 2.05. The van der Waals surface area contributed by atoms with E-state index >= 15 is 0 Å². The molecule has 1 nitrogen and oxygen atoms in total. The van der Waals surface area contributed by atoms with E-state index in [2.05, 4.69) is 32.0 Å². The Bertz CT molecular complexity index is 286. The fourth-order valence-electron chi connectivity index (χ4n) is 1.39. The van der Waals surface area contributed by atoms with E-state index < -0.39 is 8.32 Å². The lowest BCUT2D eigenvalue weighted by atomic mass is 10.2. The smallest absolute Gasteiger partial charge is 0.214 e. The average Bonchev–Trinajstić information content (AvgIpc) is 1.92. The van der Waals surface area contributed by atoms with Crippen LogP contribution >= 0.6 is 0 Å². The summed E-state index contributed by atoms with van der Waals surface area (Å²) in [5, 5.41) is 1.16. The minimum Gasteiger partial charge on any atom is -0.428 e. The van der Waals surface area contributed by atoms with Crippen molar-refractivity contribution in [3.63, 3.8) is 0 Å². The second-order valence-corrected chi connectivity index (χ2v) is 7.53. The van der Waals surface area contributed by atoms with E-state index in [0.717, 1.165) is 5.19 Å². The summed E-state index contributed by atoms with van der Waals surface area (Å²) >= 11 is 0. The summed E-state index contributed by atoms with van der Waals surface area (Å²) in [4.78, 5) is 9.93. The summed E-state index contributed by atoms with van der Waals surface area (Å²) in [5.41, 5.74) is 2.44. The van der Waals surface area contributed by atoms with Crippen molar-refractivity contribution in [2.75, 3.05) is 0 Å². The summed E-state index contributed by atoms with van der Waals surface area (Å²) < 4.78 is 0. The van der Waals surface area contributed by atoms with Crippen molar-refractivity contribution in [3.05, 3.63) is 29.3 Å². The topological polar surface area (TPSA) is 20.2 Å². The van der Waals surface area contributed by atoms with Gasteiger partial charge < -0.3 is 4.80 Å². The van der Waals surface area contributed by atoms with Gasteiger partial charge in [0.1, 0.15) is 0 Å². The maximum absolute atomic E-state index is 9.93. The van der Waals surface area contributed by atoms with Crippen LogP contribution in [-0.2, 0) is 0 Å². The largest absolute Gasteiger partial charge is 0.428 e. The van der Waals surface area contributed by atoms with Crippen LogP contribution in [0.1, 0.15) is 11.1 Å². The molecular weight excluding hydrogens is 164 g/mol. The number of hydrogen-bond donors (Lipinski definition) is 1. The van der Waals surface area contributed by atoms with Gasteiger partial charge in [-0.15, -0.1) is 0 Å². The predicted molar refractivity (Wildman–Crippen MR) is 55.3 cm³/mol. The molecule has 0 fully saturated rings. The number of rotatable bonds is 1. The summed E-state index contributed by atoms with van der Waals surface area (Å²) in [5.74, 6) is 0. The monoisotopic (exact) mass is 180 g/mol. The zero-order valence-corrected chi connectivity index (χ0v) is 9.18. The van der Waals surface area contributed by atoms with E-state index in [1.165, 1.54) is 11.1 Å². The third kappa shape index (κ3) is 1.96. The maximum Gasteiger partial charge on any atom is 0.214 e. The quantitative estimate of drug-likeness (QED) is 0.652. The van der Waals surface area contributed by atoms with Gasteiger partial charge in [-0.2, -0.15) is 0 Å². The molecule has 66 valence electrons. The van der Waals surface area contributed by atoms with Crippen molar-refractivity contribution < 1.29 is 4.80 Å². The van der Waals surface area contributed by atoms with E-state index in [1.54, 1.807) is 0 Å². The molecule has 0 saturated heterocycles. The highest BCUT2D eigenvalue weighted by molar-refractivity contribution is 6.83. The summed E-state index contributed by atoms with van der Waals surface area (Å²) in [6, 6.07) is 6.26. The van der Waals surface area contributed by atoms with Gasteiger partial charge in [0.15, 0.2) is 0 Å². The van der Waals surface area contributed by atoms with Crippen LogP contribution in [0.4, 0.5) is 0 Å². The third-order valence-corrected chi connectivity index (χ3v) is 3.91. The van der Waals surface area contributed by atoms with E-state index in [-0.39, 0.29) is 0 Å². The van der Waals surface area contributed by atoms with Crippen molar-refractivity contribution in [1.29, 1.82) is 0 Å². The minimum atomic E-state index is -2.11. The van der Waals surface area contributed by atoms with Gasteiger partial charge in [0.2, 0.25) is 8.32 Å². The summed E-state index contributed by atoms with van der Waals surface area (Å²) in [6.45, 7) is 8.02. The van der Waals surface area contributed by atoms with Crippen LogP contribution in [0.25, 0.3) is 0 Å². The van der Waals surface area contributed by atoms with Crippen molar-refractivity contribution in [2.24, 2.45) is 0 Å². The molecule has 0 bridgehead atoms. The first kappa shape index (κ1) is 9.48. The Balaban J connectivity index is 3.23. The Morgan fingerprint density at radius 1 is 1.17 bits per heavy atom. The molecule has 0 unspecified atom stereocenters. The molecule has 0 aromatic heterocycles. The van der Waals surface area contributed by atoms with Gasteiger partial charge in [-0.3, -0.25) is 0 Å². The number of hydrogen-bond acceptors (Lipinski definition) is 1. The zero-order valence-electron chi connectivity index (χ0n) is 8.18. The van der Waals surface area contributed by atoms with Crippen LogP contribution in [0.5, 0.6) is 0 Å². The Morgan fingerprint density at radius 3 is 2.17 bits per heavy atom. The van der Waals surface area contributed by atoms with Gasteiger partial charge in [0, 0.05) is 0 Å². The lowest BCUT2D eigenvalue weighted by molar-refractivity contribution is 0.568. The van der Waals surface area contributed by atoms with Crippen LogP contribution in [0.15, 0.2) is 18.2 Å². The molecule has 1 N–H and O–H groups in total. The van der Waals surface area contributed by atoms with Crippen LogP contribution in [0.2, 0.25) is 13.1 Å². The Morgan fingerprint density at radius 2 is 1.75 bits per heavy atom. The van der Waals surface area contributed by atoms with Crippen molar-refractivity contribution in [3.8, 4) is 0 Å². The molecule has 0 amide bonds. The Labute approximate surface area is 75.2 Å². The first-order chi connectivity index (χ1) is 5.41. The second-order valence-electron chi connectivity index (χ2n) is 3.88. The lowest BCUT2D eigenvalue weighted by Crippen LogP contribution is -2.43. The zero-order chi connectivity index (χ0) is 9.35. The number of benzene rings is 1. The van der Waals surface area contributed by atoms with E-state index in [1.807, 2.05) is 13.1 Å². The van der Waals surface area contributed by atoms with Crippen molar-refractivity contribution in [2.45, 2.75) is 26.9 Å². The highest BCUT2D eigenvalue weighted by Gasteiger charge is 2.21. The number of aryl methyl sites for hydroxylation is 2. The van der Waals surface area contributed by atoms with Gasteiger partial charge in [-0.1, -0.05) is 23.8 Å². The Kier molecular flexibility index (Phi) is 2.40. The first-order valence-electron chi connectivity index (χ1n) is 4.21. The summed E-state index contributed by atoms with van der Waals surface area (Å²) in [6.07, 6.45) is 0. The minimum absolute atomic E-state index is 1.16. The Hall–Kier alpha value is -0.603. The van der Waals surface area contributed by atoms with E-state index in [4.69, 9.17) is 0 Å². The molecule has 0 aliphatic heterocycles. The molecule has 0 aliphatic carbocycles. The average molecular weight is 180 g/mol. The van der Waals surface area contributed by atoms with E-state index in [9.17, 15) is 4.80 Å². The summed E-state index contributed by atoms with van der Waals surface area (Å²) in [7, 11) is -2.11. The molecular formula is C10H16OSi. The van der Waals surface area contributed by atoms with Crippen LogP contribution in [-0.4, -0.2) is 13.1 Å². The first-order valence-corrected chi connectivity index (χ1v) is 7.16. The van der Waals surface area contributed by atoms with Gasteiger partial charge in [-0.25, -0.2) is 0 Å². The van der Waals surface area contributed by atoms with Crippen molar-refractivity contribution in [1.82, 2.24) is 0 Å². The molecule has 1 aromatic rings. The molecule has 0 aliphatic rings. The molecule has 1 aromatic carbocycles. The standard InChI is InChI=1S/C10H16OSi/c1-8-5-6-9(2)10(7-8)12(3,4)11/h5-7,11H,1-4H3. The molecule has 2 heteroatoms. The molecule has 0 radical (unpaired) electrons. The second kappa shape index (κ2) is 3.03. The highest BCUT2D eigenvalue weighted by atomic mass is 28.4. The lowest BCUT2D eigenvalue weighted by Gasteiger charge is -2.17. The molecule has 0 saturated carbocycles. The molecule has 0 spiro atoms. The van der Waals surface area contributed by atoms with Gasteiger partial charge in [0.05, 0.1) is 0 Å². The molecule has 0 heterocycles. The molecule has 1 rings (SSSR count). The molecule has 0 atom stereocenters. The highest BCUT2D eigenvalue weighted by Crippen LogP contribution is 2.06. The molecule has 12 heavy (non-hydrogen) atoms. The predicted octanol–water partition coefficient (Wildman–Crippen LogP) is 1.71. The fraction of sp³-hybridized carbons (Fsp3) is 0.400. The van der Waals surface area contributed by atoms with E-state index in [0.29, 0.717) is 0 Å². The SMILES string of the molecule is Cc1ccc(C)c([Si](C)(C)O)c1. The van der Waals surface area contributed by atoms with Gasteiger partial charge in [-0.05, 0) is 37.7 Å². The van der Waals surface area contributed by atoms with Gasteiger partial charge in [0.25, 0.3) is 0 Å².